The van der Waals surface area contributed by atoms with E-state index in [1.807, 2.05) is 0 Å². The van der Waals surface area contributed by atoms with Crippen LogP contribution < -0.4 is 10.6 Å². The highest BCUT2D eigenvalue weighted by molar-refractivity contribution is 7.99. The van der Waals surface area contributed by atoms with Crippen LogP contribution in [0.4, 0.5) is 0 Å². The van der Waals surface area contributed by atoms with Gasteiger partial charge in [-0.1, -0.05) is 12.8 Å². The Labute approximate surface area is 147 Å². The number of thioether (sulfide) groups is 1. The molecule has 0 aromatic heterocycles. The number of hydrogen-bond donors (Lipinski definition) is 3. The van der Waals surface area contributed by atoms with Crippen LogP contribution in [-0.2, 0) is 9.59 Å². The lowest BCUT2D eigenvalue weighted by atomic mass is 10.1. The van der Waals surface area contributed by atoms with E-state index in [1.165, 1.54) is 0 Å². The minimum Gasteiger partial charge on any atom is -0.391 e. The average Bonchev–Trinajstić information content (AvgIpc) is 3.25. The molecular formula is C15H26ClN3O3S. The second kappa shape index (κ2) is 8.55. The molecule has 23 heavy (non-hydrogen) atoms. The molecular weight excluding hydrogens is 338 g/mol. The van der Waals surface area contributed by atoms with Crippen LogP contribution in [-0.4, -0.2) is 65.2 Å². The molecule has 2 amide bonds. The summed E-state index contributed by atoms with van der Waals surface area (Å²) < 4.78 is 0. The van der Waals surface area contributed by atoms with Crippen molar-refractivity contribution in [1.29, 1.82) is 0 Å². The van der Waals surface area contributed by atoms with Gasteiger partial charge in [0.1, 0.15) is 6.04 Å². The summed E-state index contributed by atoms with van der Waals surface area (Å²) in [6.07, 6.45) is 3.79. The fraction of sp³-hybridized carbons (Fsp3) is 0.867. The van der Waals surface area contributed by atoms with Crippen LogP contribution in [0.2, 0.25) is 0 Å². The van der Waals surface area contributed by atoms with Crippen LogP contribution in [0.25, 0.3) is 0 Å². The topological polar surface area (TPSA) is 81.7 Å². The van der Waals surface area contributed by atoms with Gasteiger partial charge in [0.15, 0.2) is 0 Å². The molecule has 0 aromatic carbocycles. The minimum absolute atomic E-state index is 0. The molecule has 2 saturated heterocycles. The summed E-state index contributed by atoms with van der Waals surface area (Å²) in [6.45, 7) is 1.79. The lowest BCUT2D eigenvalue weighted by Gasteiger charge is -2.26. The highest BCUT2D eigenvalue weighted by Crippen LogP contribution is 2.30. The molecule has 0 spiro atoms. The average molecular weight is 364 g/mol. The quantitative estimate of drug-likeness (QED) is 0.664. The van der Waals surface area contributed by atoms with Gasteiger partial charge in [0, 0.05) is 37.2 Å². The zero-order chi connectivity index (χ0) is 15.5. The molecule has 3 atom stereocenters. The van der Waals surface area contributed by atoms with Gasteiger partial charge in [-0.25, -0.2) is 0 Å². The van der Waals surface area contributed by atoms with Crippen molar-refractivity contribution in [1.82, 2.24) is 15.5 Å². The molecule has 8 heteroatoms. The first kappa shape index (κ1) is 18.8. The molecule has 2 aliphatic heterocycles. The number of nitrogens with one attached hydrogen (secondary N) is 2. The van der Waals surface area contributed by atoms with Crippen molar-refractivity contribution in [2.75, 3.05) is 31.3 Å². The summed E-state index contributed by atoms with van der Waals surface area (Å²) in [4.78, 5) is 26.7. The Morgan fingerprint density at radius 1 is 1.26 bits per heavy atom. The molecule has 0 bridgehead atoms. The second-order valence-corrected chi connectivity index (χ2v) is 7.54. The van der Waals surface area contributed by atoms with Gasteiger partial charge in [-0.15, -0.1) is 24.2 Å². The Morgan fingerprint density at radius 2 is 2.00 bits per heavy atom. The Bertz CT molecular complexity index is 434. The summed E-state index contributed by atoms with van der Waals surface area (Å²) in [5.41, 5.74) is 0. The standard InChI is InChI=1S/C15H25N3O3S.ClH/c19-13-7-16-5-11(13)6-17-14(20)12-8-22-9-18(12)15(21)10-3-1-2-4-10;/h10-13,16,19H,1-9H2,(H,17,20);1H. The van der Waals surface area contributed by atoms with Gasteiger partial charge in [-0.3, -0.25) is 9.59 Å². The number of halogens is 1. The maximum Gasteiger partial charge on any atom is 0.243 e. The number of carbonyl (C=O) groups is 2. The molecule has 3 fully saturated rings. The third-order valence-electron chi connectivity index (χ3n) is 5.02. The van der Waals surface area contributed by atoms with E-state index < -0.39 is 6.10 Å². The van der Waals surface area contributed by atoms with Crippen LogP contribution in [0.1, 0.15) is 25.7 Å². The van der Waals surface area contributed by atoms with E-state index in [1.54, 1.807) is 16.7 Å². The molecule has 3 unspecified atom stereocenters. The van der Waals surface area contributed by atoms with E-state index in [2.05, 4.69) is 10.6 Å². The lowest BCUT2D eigenvalue weighted by molar-refractivity contribution is -0.141. The third kappa shape index (κ3) is 4.32. The fourth-order valence-corrected chi connectivity index (χ4v) is 4.73. The van der Waals surface area contributed by atoms with Crippen LogP contribution in [0, 0.1) is 11.8 Å². The van der Waals surface area contributed by atoms with Gasteiger partial charge in [-0.2, -0.15) is 0 Å². The van der Waals surface area contributed by atoms with Crippen molar-refractivity contribution in [3.8, 4) is 0 Å². The lowest BCUT2D eigenvalue weighted by Crippen LogP contribution is -2.50. The number of aliphatic hydroxyl groups excluding tert-OH is 1. The van der Waals surface area contributed by atoms with Gasteiger partial charge >= 0.3 is 0 Å². The predicted molar refractivity (Wildman–Crippen MR) is 92.5 cm³/mol. The maximum atomic E-state index is 12.6. The summed E-state index contributed by atoms with van der Waals surface area (Å²) >= 11 is 1.65. The Balaban J connectivity index is 0.00000192. The first-order valence-corrected chi connectivity index (χ1v) is 9.37. The van der Waals surface area contributed by atoms with Gasteiger partial charge in [-0.05, 0) is 12.8 Å². The molecule has 132 valence electrons. The largest absolute Gasteiger partial charge is 0.391 e. The van der Waals surface area contributed by atoms with E-state index in [0.29, 0.717) is 24.7 Å². The Morgan fingerprint density at radius 3 is 2.65 bits per heavy atom. The second-order valence-electron chi connectivity index (χ2n) is 6.54. The zero-order valence-electron chi connectivity index (χ0n) is 13.2. The summed E-state index contributed by atoms with van der Waals surface area (Å²) in [6, 6.07) is -0.343. The number of carbonyl (C=O) groups excluding carboxylic acids is 2. The van der Waals surface area contributed by atoms with Crippen molar-refractivity contribution in [3.05, 3.63) is 0 Å². The van der Waals surface area contributed by atoms with E-state index >= 15 is 0 Å². The molecule has 3 N–H and O–H groups in total. The fourth-order valence-electron chi connectivity index (χ4n) is 3.56. The first-order valence-electron chi connectivity index (χ1n) is 8.21. The maximum absolute atomic E-state index is 12.6. The molecule has 2 heterocycles. The van der Waals surface area contributed by atoms with E-state index in [0.717, 1.165) is 32.2 Å². The van der Waals surface area contributed by atoms with Crippen LogP contribution >= 0.6 is 24.2 Å². The number of hydrogen-bond acceptors (Lipinski definition) is 5. The van der Waals surface area contributed by atoms with Gasteiger partial charge in [0.25, 0.3) is 0 Å². The smallest absolute Gasteiger partial charge is 0.243 e. The minimum atomic E-state index is -0.394. The molecule has 0 aromatic rings. The Kier molecular flexibility index (Phi) is 7.00. The van der Waals surface area contributed by atoms with Gasteiger partial charge in [0.2, 0.25) is 11.8 Å². The summed E-state index contributed by atoms with van der Waals surface area (Å²) in [7, 11) is 0. The van der Waals surface area contributed by atoms with Gasteiger partial charge in [0.05, 0.1) is 12.0 Å². The molecule has 1 saturated carbocycles. The molecule has 1 aliphatic carbocycles. The van der Waals surface area contributed by atoms with Crippen LogP contribution in [0.5, 0.6) is 0 Å². The van der Waals surface area contributed by atoms with E-state index in [-0.39, 0.29) is 42.1 Å². The van der Waals surface area contributed by atoms with Gasteiger partial charge < -0.3 is 20.6 Å². The van der Waals surface area contributed by atoms with E-state index in [4.69, 9.17) is 0 Å². The molecule has 3 rings (SSSR count). The molecule has 6 nitrogen and oxygen atoms in total. The van der Waals surface area contributed by atoms with Crippen molar-refractivity contribution in [2.45, 2.75) is 37.8 Å². The highest BCUT2D eigenvalue weighted by Gasteiger charge is 2.38. The monoisotopic (exact) mass is 363 g/mol. The van der Waals surface area contributed by atoms with Crippen molar-refractivity contribution >= 4 is 36.0 Å². The normalized spacial score (nSPS) is 31.2. The number of amides is 2. The summed E-state index contributed by atoms with van der Waals surface area (Å²) in [5.74, 6) is 1.57. The Hall–Kier alpha value is -0.500. The molecule has 0 radical (unpaired) electrons. The number of β-amino-alcohol motifs (C(OH)–C–C–N with tert-alkyl or cyclic N) is 1. The van der Waals surface area contributed by atoms with Crippen LogP contribution in [0.15, 0.2) is 0 Å². The number of nitrogens with zero attached hydrogens (tertiary/aromatic N) is 1. The number of rotatable bonds is 4. The summed E-state index contributed by atoms with van der Waals surface area (Å²) in [5, 5.41) is 15.8. The van der Waals surface area contributed by atoms with Crippen molar-refractivity contribution in [2.24, 2.45) is 11.8 Å². The SMILES string of the molecule is Cl.O=C(NCC1CNCC1O)C1CSCN1C(=O)C1CCCC1. The van der Waals surface area contributed by atoms with Crippen molar-refractivity contribution < 1.29 is 14.7 Å². The zero-order valence-corrected chi connectivity index (χ0v) is 14.8. The van der Waals surface area contributed by atoms with E-state index in [9.17, 15) is 14.7 Å². The van der Waals surface area contributed by atoms with Crippen molar-refractivity contribution in [3.63, 3.8) is 0 Å². The number of aliphatic hydroxyl groups is 1. The predicted octanol–water partition coefficient (Wildman–Crippen LogP) is 0.196. The van der Waals surface area contributed by atoms with Crippen LogP contribution in [0.3, 0.4) is 0 Å². The molecule has 3 aliphatic rings. The highest BCUT2D eigenvalue weighted by atomic mass is 35.5. The first-order chi connectivity index (χ1) is 10.7. The third-order valence-corrected chi connectivity index (χ3v) is 6.03.